The third-order valence-corrected chi connectivity index (χ3v) is 5.24. The number of hydrogen-bond donors (Lipinski definition) is 2. The van der Waals surface area contributed by atoms with Gasteiger partial charge in [-0.05, 0) is 62.6 Å². The monoisotopic (exact) mass is 402 g/mol. The minimum Gasteiger partial charge on any atom is -0.490 e. The normalized spacial score (nSPS) is 10.7. The van der Waals surface area contributed by atoms with Crippen molar-refractivity contribution in [2.45, 2.75) is 34.1 Å². The van der Waals surface area contributed by atoms with Gasteiger partial charge < -0.3 is 9.47 Å². The van der Waals surface area contributed by atoms with Gasteiger partial charge in [0.25, 0.3) is 11.8 Å². The highest BCUT2D eigenvalue weighted by Gasteiger charge is 2.12. The molecule has 2 amide bonds. The summed E-state index contributed by atoms with van der Waals surface area (Å²) >= 11 is 1.43. The van der Waals surface area contributed by atoms with Crippen LogP contribution in [0.5, 0.6) is 11.5 Å². The smallest absolute Gasteiger partial charge is 0.279 e. The summed E-state index contributed by atoms with van der Waals surface area (Å²) in [5, 5.41) is 0. The molecule has 0 atom stereocenters. The first-order chi connectivity index (χ1) is 13.5. The molecular weight excluding hydrogens is 376 g/mol. The second-order valence-electron chi connectivity index (χ2n) is 5.92. The van der Waals surface area contributed by atoms with Crippen molar-refractivity contribution < 1.29 is 19.1 Å². The van der Waals surface area contributed by atoms with Gasteiger partial charge in [0.05, 0.1) is 18.1 Å². The van der Waals surface area contributed by atoms with Gasteiger partial charge >= 0.3 is 0 Å². The molecule has 2 aromatic rings. The summed E-state index contributed by atoms with van der Waals surface area (Å²) in [6.07, 6.45) is 3.87. The van der Waals surface area contributed by atoms with Crippen molar-refractivity contribution in [2.75, 3.05) is 13.2 Å². The molecule has 28 heavy (non-hydrogen) atoms. The van der Waals surface area contributed by atoms with E-state index in [1.165, 1.54) is 17.4 Å². The zero-order valence-corrected chi connectivity index (χ0v) is 17.4. The number of thiophene rings is 1. The molecule has 1 aromatic carbocycles. The quantitative estimate of drug-likeness (QED) is 0.519. The minimum atomic E-state index is -0.427. The van der Waals surface area contributed by atoms with Crippen LogP contribution in [-0.4, -0.2) is 25.0 Å². The Balaban J connectivity index is 1.95. The highest BCUT2D eigenvalue weighted by molar-refractivity contribution is 7.14. The summed E-state index contributed by atoms with van der Waals surface area (Å²) in [6.45, 7) is 8.88. The summed E-state index contributed by atoms with van der Waals surface area (Å²) < 4.78 is 11.1. The Bertz CT molecular complexity index is 858. The van der Waals surface area contributed by atoms with Gasteiger partial charge in [-0.15, -0.1) is 11.3 Å². The first kappa shape index (κ1) is 21.5. The van der Waals surface area contributed by atoms with E-state index in [4.69, 9.17) is 9.47 Å². The van der Waals surface area contributed by atoms with Crippen molar-refractivity contribution in [3.8, 4) is 11.5 Å². The lowest BCUT2D eigenvalue weighted by atomic mass is 10.2. The van der Waals surface area contributed by atoms with Gasteiger partial charge in [0, 0.05) is 11.0 Å². The van der Waals surface area contributed by atoms with E-state index in [0.29, 0.717) is 29.6 Å². The molecule has 0 saturated heterocycles. The summed E-state index contributed by atoms with van der Waals surface area (Å²) in [6, 6.07) is 7.27. The Morgan fingerprint density at radius 2 is 1.75 bits per heavy atom. The zero-order chi connectivity index (χ0) is 20.5. The second-order valence-corrected chi connectivity index (χ2v) is 7.06. The number of aryl methyl sites for hydroxylation is 2. The van der Waals surface area contributed by atoms with E-state index in [1.807, 2.05) is 39.8 Å². The fourth-order valence-corrected chi connectivity index (χ4v) is 3.56. The molecule has 7 heteroatoms. The number of hydrazine groups is 1. The molecule has 0 bridgehead atoms. The van der Waals surface area contributed by atoms with E-state index in [-0.39, 0.29) is 5.91 Å². The largest absolute Gasteiger partial charge is 0.490 e. The number of amides is 2. The van der Waals surface area contributed by atoms with Crippen LogP contribution in [0.2, 0.25) is 0 Å². The van der Waals surface area contributed by atoms with Crippen LogP contribution in [0.25, 0.3) is 6.08 Å². The average Bonchev–Trinajstić information content (AvgIpc) is 3.07. The Hall–Kier alpha value is -2.80. The molecule has 0 fully saturated rings. The van der Waals surface area contributed by atoms with Crippen LogP contribution in [0, 0.1) is 6.92 Å². The maximum absolute atomic E-state index is 12.2. The predicted molar refractivity (Wildman–Crippen MR) is 112 cm³/mol. The summed E-state index contributed by atoms with van der Waals surface area (Å²) in [7, 11) is 0. The first-order valence-corrected chi connectivity index (χ1v) is 10.1. The van der Waals surface area contributed by atoms with Crippen molar-refractivity contribution in [1.29, 1.82) is 0 Å². The number of carbonyl (C=O) groups is 2. The standard InChI is InChI=1S/C21H26N2O4S/c1-5-18-14(4)12-19(28-18)21(25)23-22-20(24)11-9-15-8-10-16(26-6-2)17(13-15)27-7-3/h8-13H,5-7H2,1-4H3,(H,22,24)(H,23,25)/b11-9+. The third-order valence-electron chi connectivity index (χ3n) is 3.86. The number of rotatable bonds is 8. The molecule has 0 aliphatic carbocycles. The molecule has 0 radical (unpaired) electrons. The van der Waals surface area contributed by atoms with Crippen molar-refractivity contribution in [3.05, 3.63) is 51.2 Å². The molecule has 0 unspecified atom stereocenters. The molecule has 0 spiro atoms. The van der Waals surface area contributed by atoms with E-state index in [2.05, 4.69) is 10.9 Å². The second kappa shape index (κ2) is 10.5. The van der Waals surface area contributed by atoms with Crippen LogP contribution < -0.4 is 20.3 Å². The number of nitrogens with one attached hydrogen (secondary N) is 2. The van der Waals surface area contributed by atoms with Crippen LogP contribution in [0.4, 0.5) is 0 Å². The molecule has 1 heterocycles. The van der Waals surface area contributed by atoms with Crippen LogP contribution >= 0.6 is 11.3 Å². The topological polar surface area (TPSA) is 76.7 Å². The van der Waals surface area contributed by atoms with Crippen LogP contribution in [0.1, 0.15) is 46.4 Å². The zero-order valence-electron chi connectivity index (χ0n) is 16.6. The summed E-state index contributed by atoms with van der Waals surface area (Å²) in [5.74, 6) is 0.536. The molecule has 0 saturated carbocycles. The van der Waals surface area contributed by atoms with Crippen LogP contribution in [-0.2, 0) is 11.2 Å². The molecule has 1 aromatic heterocycles. The Kier molecular flexibility index (Phi) is 8.07. The number of carbonyl (C=O) groups excluding carboxylic acids is 2. The predicted octanol–water partition coefficient (Wildman–Crippen LogP) is 3.89. The molecule has 2 N–H and O–H groups in total. The fraction of sp³-hybridized carbons (Fsp3) is 0.333. The molecule has 0 aliphatic rings. The van der Waals surface area contributed by atoms with Gasteiger partial charge in [0.2, 0.25) is 0 Å². The highest BCUT2D eigenvalue weighted by Crippen LogP contribution is 2.29. The molecular formula is C21H26N2O4S. The lowest BCUT2D eigenvalue weighted by Crippen LogP contribution is -2.40. The van der Waals surface area contributed by atoms with Crippen molar-refractivity contribution in [2.24, 2.45) is 0 Å². The van der Waals surface area contributed by atoms with Gasteiger partial charge in [-0.25, -0.2) is 0 Å². The first-order valence-electron chi connectivity index (χ1n) is 9.25. The van der Waals surface area contributed by atoms with E-state index in [1.54, 1.807) is 18.2 Å². The van der Waals surface area contributed by atoms with Crippen molar-refractivity contribution >= 4 is 29.2 Å². The summed E-state index contributed by atoms with van der Waals surface area (Å²) in [4.78, 5) is 25.9. The lowest BCUT2D eigenvalue weighted by molar-refractivity contribution is -0.117. The number of ether oxygens (including phenoxy) is 2. The van der Waals surface area contributed by atoms with Crippen LogP contribution in [0.3, 0.4) is 0 Å². The van der Waals surface area contributed by atoms with Gasteiger partial charge in [-0.1, -0.05) is 13.0 Å². The third kappa shape index (κ3) is 5.85. The number of hydrogen-bond acceptors (Lipinski definition) is 5. The van der Waals surface area contributed by atoms with Gasteiger partial charge in [0.1, 0.15) is 0 Å². The number of benzene rings is 1. The van der Waals surface area contributed by atoms with Gasteiger partial charge in [0.15, 0.2) is 11.5 Å². The Morgan fingerprint density at radius 3 is 2.39 bits per heavy atom. The molecule has 150 valence electrons. The fourth-order valence-electron chi connectivity index (χ4n) is 2.55. The van der Waals surface area contributed by atoms with E-state index in [0.717, 1.165) is 22.4 Å². The molecule has 0 aliphatic heterocycles. The Morgan fingerprint density at radius 1 is 1.04 bits per heavy atom. The maximum Gasteiger partial charge on any atom is 0.279 e. The van der Waals surface area contributed by atoms with Crippen LogP contribution in [0.15, 0.2) is 30.3 Å². The van der Waals surface area contributed by atoms with Gasteiger partial charge in [-0.2, -0.15) is 0 Å². The molecule has 6 nitrogen and oxygen atoms in total. The van der Waals surface area contributed by atoms with Crippen molar-refractivity contribution in [3.63, 3.8) is 0 Å². The van der Waals surface area contributed by atoms with E-state index >= 15 is 0 Å². The average molecular weight is 403 g/mol. The van der Waals surface area contributed by atoms with E-state index in [9.17, 15) is 9.59 Å². The Labute approximate surface area is 169 Å². The maximum atomic E-state index is 12.2. The highest BCUT2D eigenvalue weighted by atomic mass is 32.1. The van der Waals surface area contributed by atoms with Crippen molar-refractivity contribution in [1.82, 2.24) is 10.9 Å². The molecule has 2 rings (SSSR count). The van der Waals surface area contributed by atoms with E-state index < -0.39 is 5.91 Å². The van der Waals surface area contributed by atoms with Gasteiger partial charge in [-0.3, -0.25) is 20.4 Å². The SMILES string of the molecule is CCOc1ccc(/C=C/C(=O)NNC(=O)c2cc(C)c(CC)s2)cc1OCC. The summed E-state index contributed by atoms with van der Waals surface area (Å²) in [5.41, 5.74) is 6.70. The minimum absolute atomic E-state index is 0.325. The lowest BCUT2D eigenvalue weighted by Gasteiger charge is -2.11.